The molecule has 126 valence electrons. The first kappa shape index (κ1) is 17.3. The molecule has 1 fully saturated rings. The highest BCUT2D eigenvalue weighted by Gasteiger charge is 2.31. The first-order valence-electron chi connectivity index (χ1n) is 8.08. The highest BCUT2D eigenvalue weighted by atomic mass is 16.2. The zero-order valence-electron chi connectivity index (χ0n) is 14.4. The molecule has 3 amide bonds. The Labute approximate surface area is 137 Å². The van der Waals surface area contributed by atoms with Crippen LogP contribution in [0, 0.1) is 13.8 Å². The normalized spacial score (nSPS) is 17.7. The number of likely N-dealkylation sites (N-methyl/N-ethyl adjacent to an activating group) is 1. The van der Waals surface area contributed by atoms with Crippen molar-refractivity contribution in [3.05, 3.63) is 29.3 Å². The molecule has 0 bridgehead atoms. The number of nitrogens with one attached hydrogen (secondary N) is 3. The summed E-state index contributed by atoms with van der Waals surface area (Å²) in [6, 6.07) is 5.66. The Morgan fingerprint density at radius 1 is 1.30 bits per heavy atom. The van der Waals surface area contributed by atoms with E-state index in [4.69, 9.17) is 0 Å². The second-order valence-corrected chi connectivity index (χ2v) is 6.53. The molecule has 3 N–H and O–H groups in total. The van der Waals surface area contributed by atoms with Crippen LogP contribution in [-0.2, 0) is 4.79 Å². The molecule has 23 heavy (non-hydrogen) atoms. The lowest BCUT2D eigenvalue weighted by molar-refractivity contribution is -0.856. The Morgan fingerprint density at radius 2 is 2.04 bits per heavy atom. The minimum absolute atomic E-state index is 0.0521. The third-order valence-corrected chi connectivity index (χ3v) is 4.17. The molecule has 0 spiro atoms. The van der Waals surface area contributed by atoms with Crippen molar-refractivity contribution < 1.29 is 14.5 Å². The van der Waals surface area contributed by atoms with Crippen molar-refractivity contribution in [2.75, 3.05) is 38.6 Å². The smallest absolute Gasteiger partial charge is 0.315 e. The van der Waals surface area contributed by atoms with Gasteiger partial charge in [-0.3, -0.25) is 4.79 Å². The number of benzene rings is 1. The number of hydrogen-bond donors (Lipinski definition) is 3. The first-order valence-corrected chi connectivity index (χ1v) is 8.08. The fourth-order valence-electron chi connectivity index (χ4n) is 2.61. The maximum absolute atomic E-state index is 12.2. The summed E-state index contributed by atoms with van der Waals surface area (Å²) in [5.41, 5.74) is 3.27. The van der Waals surface area contributed by atoms with Crippen LogP contribution < -0.4 is 20.4 Å². The molecule has 6 nitrogen and oxygen atoms in total. The molecule has 0 radical (unpaired) electrons. The van der Waals surface area contributed by atoms with E-state index in [1.54, 1.807) is 4.90 Å². The van der Waals surface area contributed by atoms with Crippen molar-refractivity contribution in [1.29, 1.82) is 0 Å². The van der Waals surface area contributed by atoms with Crippen LogP contribution in [0.25, 0.3) is 0 Å². The van der Waals surface area contributed by atoms with Crippen LogP contribution in [0.15, 0.2) is 18.2 Å². The summed E-state index contributed by atoms with van der Waals surface area (Å²) >= 11 is 0. The van der Waals surface area contributed by atoms with Gasteiger partial charge in [0.25, 0.3) is 0 Å². The molecule has 1 aromatic rings. The van der Waals surface area contributed by atoms with Crippen LogP contribution in [0.5, 0.6) is 0 Å². The molecule has 0 aliphatic carbocycles. The SMILES string of the molecule is Cc1ccc(N2C[C@H](NC(=O)NCC[NH+](C)C)CC2=O)cc1C. The summed E-state index contributed by atoms with van der Waals surface area (Å²) in [7, 11) is 4.08. The lowest BCUT2D eigenvalue weighted by Crippen LogP contribution is -3.06. The van der Waals surface area contributed by atoms with Gasteiger partial charge in [0.05, 0.1) is 33.2 Å². The van der Waals surface area contributed by atoms with E-state index < -0.39 is 0 Å². The van der Waals surface area contributed by atoms with Gasteiger partial charge in [-0.05, 0) is 37.1 Å². The molecular weight excluding hydrogens is 292 g/mol. The third-order valence-electron chi connectivity index (χ3n) is 4.17. The van der Waals surface area contributed by atoms with Crippen molar-refractivity contribution >= 4 is 17.6 Å². The zero-order valence-corrected chi connectivity index (χ0v) is 14.4. The van der Waals surface area contributed by atoms with Gasteiger partial charge >= 0.3 is 6.03 Å². The quantitative estimate of drug-likeness (QED) is 0.707. The first-order chi connectivity index (χ1) is 10.9. The predicted molar refractivity (Wildman–Crippen MR) is 90.9 cm³/mol. The fourth-order valence-corrected chi connectivity index (χ4v) is 2.61. The number of amides is 3. The Hall–Kier alpha value is -2.08. The lowest BCUT2D eigenvalue weighted by atomic mass is 10.1. The topological polar surface area (TPSA) is 65.9 Å². The van der Waals surface area contributed by atoms with Crippen LogP contribution >= 0.6 is 0 Å². The molecule has 1 saturated heterocycles. The summed E-state index contributed by atoms with van der Waals surface area (Å²) in [6.07, 6.45) is 0.347. The van der Waals surface area contributed by atoms with Crippen molar-refractivity contribution in [2.24, 2.45) is 0 Å². The van der Waals surface area contributed by atoms with E-state index in [0.29, 0.717) is 19.5 Å². The molecule has 0 saturated carbocycles. The van der Waals surface area contributed by atoms with Crippen LogP contribution in [-0.4, -0.2) is 51.7 Å². The van der Waals surface area contributed by atoms with Crippen molar-refractivity contribution in [3.8, 4) is 0 Å². The number of rotatable bonds is 5. The average Bonchev–Trinajstić information content (AvgIpc) is 2.82. The molecule has 1 heterocycles. The van der Waals surface area contributed by atoms with E-state index >= 15 is 0 Å². The lowest BCUT2D eigenvalue weighted by Gasteiger charge is -2.18. The van der Waals surface area contributed by atoms with Gasteiger partial charge < -0.3 is 20.4 Å². The largest absolute Gasteiger partial charge is 0.338 e. The fraction of sp³-hybridized carbons (Fsp3) is 0.529. The number of carbonyl (C=O) groups is 2. The summed E-state index contributed by atoms with van der Waals surface area (Å²) < 4.78 is 0. The zero-order chi connectivity index (χ0) is 17.0. The standard InChI is InChI=1S/C17H26N4O2/c1-12-5-6-15(9-13(12)2)21-11-14(10-16(21)22)19-17(23)18-7-8-20(3)4/h5-6,9,14H,7-8,10-11H2,1-4H3,(H2,18,19,23)/p+1/t14-/m1/s1. The maximum atomic E-state index is 12.2. The Balaban J connectivity index is 1.89. The number of quaternary nitrogens is 1. The van der Waals surface area contributed by atoms with Gasteiger partial charge in [-0.15, -0.1) is 0 Å². The monoisotopic (exact) mass is 319 g/mol. The van der Waals surface area contributed by atoms with Crippen molar-refractivity contribution in [1.82, 2.24) is 10.6 Å². The van der Waals surface area contributed by atoms with Gasteiger partial charge in [-0.2, -0.15) is 0 Å². The van der Waals surface area contributed by atoms with Crippen LogP contribution in [0.4, 0.5) is 10.5 Å². The third kappa shape index (κ3) is 4.69. The van der Waals surface area contributed by atoms with Crippen LogP contribution in [0.3, 0.4) is 0 Å². The number of hydrogen-bond acceptors (Lipinski definition) is 2. The van der Waals surface area contributed by atoms with E-state index in [1.165, 1.54) is 10.5 Å². The predicted octanol–water partition coefficient (Wildman–Crippen LogP) is -0.148. The molecule has 1 aliphatic heterocycles. The number of aryl methyl sites for hydroxylation is 2. The number of urea groups is 1. The Kier molecular flexibility index (Phi) is 5.60. The van der Waals surface area contributed by atoms with E-state index in [9.17, 15) is 9.59 Å². The Morgan fingerprint density at radius 3 is 2.70 bits per heavy atom. The van der Waals surface area contributed by atoms with E-state index in [2.05, 4.69) is 17.6 Å². The molecule has 6 heteroatoms. The van der Waals surface area contributed by atoms with E-state index in [0.717, 1.165) is 17.8 Å². The highest BCUT2D eigenvalue weighted by Crippen LogP contribution is 2.23. The summed E-state index contributed by atoms with van der Waals surface area (Å²) in [6.45, 7) is 6.10. The van der Waals surface area contributed by atoms with E-state index in [1.807, 2.05) is 39.2 Å². The van der Waals surface area contributed by atoms with Gasteiger partial charge in [0.1, 0.15) is 0 Å². The number of anilines is 1. The molecule has 1 atom stereocenters. The second-order valence-electron chi connectivity index (χ2n) is 6.53. The Bertz CT molecular complexity index is 586. The minimum atomic E-state index is -0.203. The molecule has 1 aliphatic rings. The maximum Gasteiger partial charge on any atom is 0.315 e. The van der Waals surface area contributed by atoms with Gasteiger partial charge in [0, 0.05) is 18.7 Å². The summed E-state index contributed by atoms with van der Waals surface area (Å²) in [5, 5.41) is 5.71. The molecule has 0 unspecified atom stereocenters. The van der Waals surface area contributed by atoms with Crippen molar-refractivity contribution in [2.45, 2.75) is 26.3 Å². The minimum Gasteiger partial charge on any atom is -0.338 e. The molecule has 0 aromatic heterocycles. The number of carbonyl (C=O) groups excluding carboxylic acids is 2. The number of nitrogens with zero attached hydrogens (tertiary/aromatic N) is 1. The van der Waals surface area contributed by atoms with Gasteiger partial charge in [0.2, 0.25) is 5.91 Å². The van der Waals surface area contributed by atoms with E-state index in [-0.39, 0.29) is 18.0 Å². The van der Waals surface area contributed by atoms with Gasteiger partial charge in [-0.25, -0.2) is 4.79 Å². The average molecular weight is 319 g/mol. The van der Waals surface area contributed by atoms with Gasteiger partial charge in [-0.1, -0.05) is 6.07 Å². The second kappa shape index (κ2) is 7.46. The van der Waals surface area contributed by atoms with Crippen LogP contribution in [0.1, 0.15) is 17.5 Å². The van der Waals surface area contributed by atoms with Crippen molar-refractivity contribution in [3.63, 3.8) is 0 Å². The molecule has 2 rings (SSSR count). The molecular formula is C17H27N4O2+. The van der Waals surface area contributed by atoms with Crippen LogP contribution in [0.2, 0.25) is 0 Å². The summed E-state index contributed by atoms with van der Waals surface area (Å²) in [4.78, 5) is 27.1. The summed E-state index contributed by atoms with van der Waals surface area (Å²) in [5.74, 6) is 0.0521. The highest BCUT2D eigenvalue weighted by molar-refractivity contribution is 5.96. The van der Waals surface area contributed by atoms with Gasteiger partial charge in [0.15, 0.2) is 0 Å². The molecule has 1 aromatic carbocycles.